The van der Waals surface area contributed by atoms with Crippen molar-refractivity contribution >= 4 is 41.6 Å². The molecule has 3 N–H and O–H groups in total. The van der Waals surface area contributed by atoms with E-state index in [4.69, 9.17) is 34.3 Å². The van der Waals surface area contributed by atoms with Crippen molar-refractivity contribution in [2.24, 2.45) is 0 Å². The zero-order valence-electron chi connectivity index (χ0n) is 22.5. The van der Waals surface area contributed by atoms with Crippen molar-refractivity contribution in [1.29, 1.82) is 0 Å². The molecule has 0 aliphatic carbocycles. The molecule has 0 aromatic rings. The number of esters is 4. The Morgan fingerprint density at radius 1 is 0.553 bits per heavy atom. The predicted molar refractivity (Wildman–Crippen MR) is 140 cm³/mol. The topological polar surface area (TPSA) is 217 Å². The molecule has 0 fully saturated rings. The second-order valence-corrected chi connectivity index (χ2v) is 8.74. The second kappa shape index (κ2) is 19.5. The van der Waals surface area contributed by atoms with E-state index < -0.39 is 66.3 Å². The molecule has 0 saturated carbocycles. The first kappa shape index (κ1) is 36.6. The molecular formula is C24H50O14. The number of aliphatic hydroxyl groups is 1. The summed E-state index contributed by atoms with van der Waals surface area (Å²) in [7, 11) is 0. The van der Waals surface area contributed by atoms with Gasteiger partial charge in [-0.05, 0) is 41.5 Å². The van der Waals surface area contributed by atoms with Crippen LogP contribution in [0, 0.1) is 0 Å². The Labute approximate surface area is 229 Å². The highest BCUT2D eigenvalue weighted by Crippen LogP contribution is 2.07. The summed E-state index contributed by atoms with van der Waals surface area (Å²) in [5.41, 5.74) is 0. The molecular weight excluding hydrogens is 512 g/mol. The molecule has 0 amide bonds. The summed E-state index contributed by atoms with van der Waals surface area (Å²) < 4.78 is 19.3. The number of rotatable bonds is 16. The first-order valence-corrected chi connectivity index (χ1v) is 11.8. The van der Waals surface area contributed by atoms with Crippen LogP contribution < -0.4 is 0 Å². The van der Waals surface area contributed by atoms with Crippen LogP contribution in [0.1, 0.15) is 88.6 Å². The first-order chi connectivity index (χ1) is 17.4. The monoisotopic (exact) mass is 562 g/mol. The lowest BCUT2D eigenvalue weighted by Gasteiger charge is -2.15. The number of hydrogen-bond donors (Lipinski definition) is 3. The van der Waals surface area contributed by atoms with Crippen LogP contribution in [-0.4, -0.2) is 87.4 Å². The maximum absolute atomic E-state index is 11.4. The van der Waals surface area contributed by atoms with Gasteiger partial charge in [0, 0.05) is 8.56 Å². The summed E-state index contributed by atoms with van der Waals surface area (Å²) >= 11 is 0. The molecule has 14 nitrogen and oxygen atoms in total. The van der Waals surface area contributed by atoms with Gasteiger partial charge in [0.15, 0.2) is 0 Å². The fraction of sp³-hybridized carbons (Fsp3) is 0.708. The molecule has 0 unspecified atom stereocenters. The Balaban J connectivity index is -0.0000000864. The average Bonchev–Trinajstić information content (AvgIpc) is 2.64. The van der Waals surface area contributed by atoms with Crippen molar-refractivity contribution in [3.05, 3.63) is 0 Å². The lowest BCUT2D eigenvalue weighted by molar-refractivity contribution is -0.161. The number of hydrogen-bond acceptors (Lipinski definition) is 12. The van der Waals surface area contributed by atoms with Crippen molar-refractivity contribution in [3.63, 3.8) is 0 Å². The summed E-state index contributed by atoms with van der Waals surface area (Å²) in [6.07, 6.45) is -5.08. The van der Waals surface area contributed by atoms with Crippen LogP contribution >= 0.6 is 0 Å². The van der Waals surface area contributed by atoms with Crippen LogP contribution in [0.25, 0.3) is 0 Å². The van der Waals surface area contributed by atoms with Crippen molar-refractivity contribution in [2.45, 2.75) is 111 Å². The van der Waals surface area contributed by atoms with E-state index >= 15 is 0 Å². The fourth-order valence-corrected chi connectivity index (χ4v) is 2.66. The largest absolute Gasteiger partial charge is 0.481 e. The Morgan fingerprint density at radius 3 is 1.13 bits per heavy atom. The summed E-state index contributed by atoms with van der Waals surface area (Å²) in [6, 6.07) is 0. The molecule has 0 bridgehead atoms. The van der Waals surface area contributed by atoms with E-state index in [0.717, 1.165) is 0 Å². The van der Waals surface area contributed by atoms with Gasteiger partial charge in [-0.3, -0.25) is 33.6 Å². The highest BCUT2D eigenvalue weighted by molar-refractivity contribution is 5.94. The van der Waals surface area contributed by atoms with Gasteiger partial charge in [-0.1, -0.05) is 0 Å². The summed E-state index contributed by atoms with van der Waals surface area (Å²) in [4.78, 5) is 76.5. The molecule has 0 aliphatic heterocycles. The van der Waals surface area contributed by atoms with Crippen LogP contribution in [0.15, 0.2) is 0 Å². The van der Waals surface area contributed by atoms with Crippen LogP contribution in [0.3, 0.4) is 0 Å². The maximum Gasteiger partial charge on any atom is 0.313 e. The zero-order valence-corrected chi connectivity index (χ0v) is 22.5. The van der Waals surface area contributed by atoms with E-state index in [1.165, 1.54) is 41.5 Å². The van der Waals surface area contributed by atoms with Gasteiger partial charge in [0.05, 0.1) is 38.2 Å². The highest BCUT2D eigenvalue weighted by atomic mass is 16.6. The number of carbonyl (C=O) groups is 7. The van der Waals surface area contributed by atoms with Crippen LogP contribution in [0.5, 0.6) is 0 Å². The van der Waals surface area contributed by atoms with E-state index in [9.17, 15) is 33.6 Å². The molecule has 38 heavy (non-hydrogen) atoms. The molecule has 0 rings (SSSR count). The highest BCUT2D eigenvalue weighted by Gasteiger charge is 2.20. The van der Waals surface area contributed by atoms with Gasteiger partial charge in [0.25, 0.3) is 0 Å². The molecule has 0 heterocycles. The fourth-order valence-electron chi connectivity index (χ4n) is 2.66. The number of aliphatic hydroxyl groups excluding tert-OH is 1. The van der Waals surface area contributed by atoms with Gasteiger partial charge in [0.1, 0.15) is 36.6 Å². The Bertz CT molecular complexity index is 844. The molecule has 0 radical (unpaired) electrons. The van der Waals surface area contributed by atoms with Crippen molar-refractivity contribution < 1.29 is 76.4 Å². The minimum Gasteiger partial charge on any atom is -0.481 e. The third-order valence-corrected chi connectivity index (χ3v) is 4.02. The van der Waals surface area contributed by atoms with E-state index in [0.29, 0.717) is 0 Å². The quantitative estimate of drug-likeness (QED) is 0.140. The average molecular weight is 563 g/mol. The van der Waals surface area contributed by atoms with E-state index in [1.807, 2.05) is 0 Å². The number of carbonyl (C=O) groups excluding carboxylic acids is 5. The normalized spacial score (nSPS) is 14.2. The first-order valence-electron chi connectivity index (χ1n) is 11.8. The summed E-state index contributed by atoms with van der Waals surface area (Å²) in [6.45, 7) is 8.64. The molecule has 230 valence electrons. The van der Waals surface area contributed by atoms with Crippen LogP contribution in [0.2, 0.25) is 0 Å². The number of ketones is 1. The second-order valence-electron chi connectivity index (χ2n) is 8.74. The summed E-state index contributed by atoms with van der Waals surface area (Å²) in [5.74, 6) is -5.05. The van der Waals surface area contributed by atoms with E-state index in [2.05, 4.69) is 0 Å². The van der Waals surface area contributed by atoms with Gasteiger partial charge in [-0.15, -0.1) is 0 Å². The number of Topliss-reactive ketones (excluding diaryl/α,β-unsaturated/α-hetero) is 1. The Morgan fingerprint density at radius 2 is 0.842 bits per heavy atom. The van der Waals surface area contributed by atoms with E-state index in [1.54, 1.807) is 0 Å². The SMILES string of the molecule is CC(=O)CC(=O)O[C@H](C)CC(=O)O[C@H](C)CC(=O)O.C[C@H](CC(=O)O)OC(=O)C[C@@H](C)OC(=O)C[C@@H](C)O.[HH].[HH].[HH].[HH].[HH].[HH]. The summed E-state index contributed by atoms with van der Waals surface area (Å²) in [5, 5.41) is 26.0. The number of aliphatic carboxylic acids is 2. The predicted octanol–water partition coefficient (Wildman–Crippen LogP) is 2.66. The van der Waals surface area contributed by atoms with Crippen LogP contribution in [0.4, 0.5) is 0 Å². The molecule has 0 spiro atoms. The zero-order chi connectivity index (χ0) is 30.0. The Kier molecular flexibility index (Phi) is 18.8. The standard InChI is InChI=1S/C12H20O7.C12H18O7.6H2/c2*1-7(13)4-11(16)19-9(3)6-12(17)18-8(2)5-10(14)15;;;;;;/h7-9,13H,4-6H2,1-3H3,(H,14,15);8-9H,4-6H2,1-3H3,(H,14,15);6*1H/t7-,8-,9-;8-,9-;;;;;;/m11....../s1. The number of carboxylic acids is 2. The van der Waals surface area contributed by atoms with Gasteiger partial charge in [-0.25, -0.2) is 0 Å². The lowest BCUT2D eigenvalue weighted by atomic mass is 10.2. The van der Waals surface area contributed by atoms with Crippen molar-refractivity contribution in [2.75, 3.05) is 0 Å². The van der Waals surface area contributed by atoms with Gasteiger partial charge < -0.3 is 34.3 Å². The third-order valence-electron chi connectivity index (χ3n) is 4.02. The number of ether oxygens (including phenoxy) is 4. The van der Waals surface area contributed by atoms with Crippen LogP contribution in [-0.2, 0) is 52.5 Å². The molecule has 0 aromatic carbocycles. The van der Waals surface area contributed by atoms with E-state index in [-0.39, 0.29) is 52.9 Å². The maximum atomic E-state index is 11.4. The van der Waals surface area contributed by atoms with Gasteiger partial charge >= 0.3 is 35.8 Å². The molecule has 14 heteroatoms. The lowest BCUT2D eigenvalue weighted by Crippen LogP contribution is -2.24. The molecule has 0 aliphatic rings. The smallest absolute Gasteiger partial charge is 0.313 e. The minimum atomic E-state index is -1.07. The van der Waals surface area contributed by atoms with Crippen molar-refractivity contribution in [3.8, 4) is 0 Å². The molecule has 0 saturated heterocycles. The molecule has 0 aromatic heterocycles. The molecule has 5 atom stereocenters. The van der Waals surface area contributed by atoms with Gasteiger partial charge in [-0.2, -0.15) is 0 Å². The number of carboxylic acid groups (broad SMARTS) is 2. The van der Waals surface area contributed by atoms with Crippen molar-refractivity contribution in [1.82, 2.24) is 0 Å². The Hall–Kier alpha value is -3.55. The van der Waals surface area contributed by atoms with Gasteiger partial charge in [0.2, 0.25) is 0 Å². The third kappa shape index (κ3) is 24.2. The minimum absolute atomic E-state index is 0.